The van der Waals surface area contributed by atoms with Crippen LogP contribution >= 0.6 is 11.8 Å². The molecule has 0 aliphatic carbocycles. The Balaban J connectivity index is 1.59. The van der Waals surface area contributed by atoms with E-state index >= 15 is 0 Å². The quantitative estimate of drug-likeness (QED) is 0.756. The molecule has 6 nitrogen and oxygen atoms in total. The highest BCUT2D eigenvalue weighted by molar-refractivity contribution is 8.01. The lowest BCUT2D eigenvalue weighted by molar-refractivity contribution is -0.120. The zero-order valence-electron chi connectivity index (χ0n) is 14.2. The van der Waals surface area contributed by atoms with E-state index in [1.165, 1.54) is 11.8 Å². The van der Waals surface area contributed by atoms with Crippen molar-refractivity contribution in [1.82, 2.24) is 5.32 Å². The monoisotopic (exact) mass is 369 g/mol. The van der Waals surface area contributed by atoms with Crippen LogP contribution in [0.25, 0.3) is 0 Å². The highest BCUT2D eigenvalue weighted by atomic mass is 32.2. The first-order valence-corrected chi connectivity index (χ1v) is 9.19. The van der Waals surface area contributed by atoms with Gasteiger partial charge in [-0.1, -0.05) is 12.1 Å². The Hall–Kier alpha value is -2.80. The molecule has 0 aromatic heterocycles. The summed E-state index contributed by atoms with van der Waals surface area (Å²) in [6.45, 7) is 2.41. The van der Waals surface area contributed by atoms with Crippen molar-refractivity contribution in [1.29, 1.82) is 0 Å². The predicted molar refractivity (Wildman–Crippen MR) is 102 cm³/mol. The summed E-state index contributed by atoms with van der Waals surface area (Å²) in [5.41, 5.74) is 1.90. The summed E-state index contributed by atoms with van der Waals surface area (Å²) in [5, 5.41) is 7.84. The second-order valence-corrected chi connectivity index (χ2v) is 7.03. The lowest BCUT2D eigenvalue weighted by Gasteiger charge is -2.23. The molecule has 0 radical (unpaired) electrons. The molecule has 0 spiro atoms. The van der Waals surface area contributed by atoms with E-state index in [0.29, 0.717) is 17.8 Å². The summed E-state index contributed by atoms with van der Waals surface area (Å²) < 4.78 is 0. The SMILES string of the molecule is CCNC(=O)c1ccc(NC(=O)CC2Sc3ccccc3NC2=O)cc1. The van der Waals surface area contributed by atoms with Gasteiger partial charge in [0, 0.05) is 29.1 Å². The lowest BCUT2D eigenvalue weighted by atomic mass is 10.2. The smallest absolute Gasteiger partial charge is 0.251 e. The van der Waals surface area contributed by atoms with E-state index in [1.54, 1.807) is 24.3 Å². The van der Waals surface area contributed by atoms with Crippen LogP contribution in [0.2, 0.25) is 0 Å². The van der Waals surface area contributed by atoms with Crippen molar-refractivity contribution in [2.75, 3.05) is 17.2 Å². The third-order valence-electron chi connectivity index (χ3n) is 3.85. The van der Waals surface area contributed by atoms with Gasteiger partial charge < -0.3 is 16.0 Å². The van der Waals surface area contributed by atoms with Gasteiger partial charge in [0.25, 0.3) is 5.91 Å². The van der Waals surface area contributed by atoms with Gasteiger partial charge in [0.05, 0.1) is 10.9 Å². The first kappa shape index (κ1) is 18.0. The maximum absolute atomic E-state index is 12.3. The molecule has 2 aromatic rings. The van der Waals surface area contributed by atoms with E-state index in [2.05, 4.69) is 16.0 Å². The molecule has 1 heterocycles. The number of fused-ring (bicyclic) bond motifs is 1. The Morgan fingerprint density at radius 3 is 2.58 bits per heavy atom. The molecule has 0 bridgehead atoms. The molecule has 134 valence electrons. The molecule has 0 saturated carbocycles. The summed E-state index contributed by atoms with van der Waals surface area (Å²) in [4.78, 5) is 37.1. The Kier molecular flexibility index (Phi) is 5.58. The Labute approximate surface area is 155 Å². The third kappa shape index (κ3) is 4.23. The van der Waals surface area contributed by atoms with Crippen LogP contribution in [0.5, 0.6) is 0 Å². The fourth-order valence-corrected chi connectivity index (χ4v) is 3.69. The van der Waals surface area contributed by atoms with Crippen molar-refractivity contribution in [2.45, 2.75) is 23.5 Å². The second kappa shape index (κ2) is 8.05. The number of hydrogen-bond acceptors (Lipinski definition) is 4. The second-order valence-electron chi connectivity index (χ2n) is 5.78. The van der Waals surface area contributed by atoms with Crippen molar-refractivity contribution in [3.05, 3.63) is 54.1 Å². The van der Waals surface area contributed by atoms with Crippen molar-refractivity contribution in [3.8, 4) is 0 Å². The van der Waals surface area contributed by atoms with Crippen LogP contribution in [-0.4, -0.2) is 29.5 Å². The zero-order valence-corrected chi connectivity index (χ0v) is 15.1. The van der Waals surface area contributed by atoms with Gasteiger partial charge in [-0.3, -0.25) is 14.4 Å². The molecule has 2 aromatic carbocycles. The summed E-state index contributed by atoms with van der Waals surface area (Å²) in [7, 11) is 0. The van der Waals surface area contributed by atoms with E-state index in [9.17, 15) is 14.4 Å². The highest BCUT2D eigenvalue weighted by Crippen LogP contribution is 2.36. The van der Waals surface area contributed by atoms with Crippen molar-refractivity contribution in [2.24, 2.45) is 0 Å². The summed E-state index contributed by atoms with van der Waals surface area (Å²) in [6.07, 6.45) is 0.0723. The van der Waals surface area contributed by atoms with Gasteiger partial charge in [-0.2, -0.15) is 0 Å². The molecule has 3 N–H and O–H groups in total. The minimum Gasteiger partial charge on any atom is -0.352 e. The van der Waals surface area contributed by atoms with Gasteiger partial charge in [-0.25, -0.2) is 0 Å². The molecular formula is C19H19N3O3S. The normalized spacial score (nSPS) is 15.6. The van der Waals surface area contributed by atoms with Crippen LogP contribution in [0, 0.1) is 0 Å². The van der Waals surface area contributed by atoms with Crippen molar-refractivity contribution in [3.63, 3.8) is 0 Å². The van der Waals surface area contributed by atoms with Gasteiger partial charge in [-0.05, 0) is 43.3 Å². The van der Waals surface area contributed by atoms with Crippen LogP contribution in [0.15, 0.2) is 53.4 Å². The van der Waals surface area contributed by atoms with Crippen LogP contribution in [-0.2, 0) is 9.59 Å². The van der Waals surface area contributed by atoms with Gasteiger partial charge >= 0.3 is 0 Å². The third-order valence-corrected chi connectivity index (χ3v) is 5.12. The van der Waals surface area contributed by atoms with E-state index in [4.69, 9.17) is 0 Å². The summed E-state index contributed by atoms with van der Waals surface area (Å²) >= 11 is 1.39. The summed E-state index contributed by atoms with van der Waals surface area (Å²) in [6, 6.07) is 14.2. The molecule has 7 heteroatoms. The minimum atomic E-state index is -0.473. The fourth-order valence-electron chi connectivity index (χ4n) is 2.58. The average molecular weight is 369 g/mol. The zero-order chi connectivity index (χ0) is 18.5. The Morgan fingerprint density at radius 1 is 1.12 bits per heavy atom. The highest BCUT2D eigenvalue weighted by Gasteiger charge is 2.28. The first-order valence-electron chi connectivity index (χ1n) is 8.31. The standard InChI is InChI=1S/C19H19N3O3S/c1-2-20-18(24)12-7-9-13(10-8-12)21-17(23)11-16-19(25)22-14-5-3-4-6-15(14)26-16/h3-10,16H,2,11H2,1H3,(H,20,24)(H,21,23)(H,22,25). The van der Waals surface area contributed by atoms with Crippen LogP contribution in [0.1, 0.15) is 23.7 Å². The number of carbonyl (C=O) groups is 3. The van der Waals surface area contributed by atoms with Crippen molar-refractivity contribution >= 4 is 40.9 Å². The topological polar surface area (TPSA) is 87.3 Å². The van der Waals surface area contributed by atoms with E-state index in [-0.39, 0.29) is 24.1 Å². The molecule has 3 amide bonds. The molecule has 1 atom stereocenters. The van der Waals surface area contributed by atoms with Crippen LogP contribution in [0.4, 0.5) is 11.4 Å². The van der Waals surface area contributed by atoms with Crippen molar-refractivity contribution < 1.29 is 14.4 Å². The van der Waals surface area contributed by atoms with Gasteiger partial charge in [0.15, 0.2) is 0 Å². The van der Waals surface area contributed by atoms with Gasteiger partial charge in [0.2, 0.25) is 11.8 Å². The molecule has 3 rings (SSSR count). The molecular weight excluding hydrogens is 350 g/mol. The fraction of sp³-hybridized carbons (Fsp3) is 0.211. The molecule has 1 aliphatic heterocycles. The number of anilines is 2. The number of carbonyl (C=O) groups excluding carboxylic acids is 3. The Morgan fingerprint density at radius 2 is 1.85 bits per heavy atom. The summed E-state index contributed by atoms with van der Waals surface area (Å²) in [5.74, 6) is -0.572. The predicted octanol–water partition coefficient (Wildman–Crippen LogP) is 2.88. The van der Waals surface area contributed by atoms with E-state index in [0.717, 1.165) is 10.6 Å². The molecule has 1 aliphatic rings. The van der Waals surface area contributed by atoms with Crippen LogP contribution < -0.4 is 16.0 Å². The Bertz CT molecular complexity index is 836. The van der Waals surface area contributed by atoms with E-state index < -0.39 is 5.25 Å². The number of benzene rings is 2. The first-order chi connectivity index (χ1) is 12.6. The maximum Gasteiger partial charge on any atom is 0.251 e. The number of hydrogen-bond donors (Lipinski definition) is 3. The van der Waals surface area contributed by atoms with E-state index in [1.807, 2.05) is 31.2 Å². The minimum absolute atomic E-state index is 0.0723. The number of thioether (sulfide) groups is 1. The maximum atomic E-state index is 12.3. The van der Waals surface area contributed by atoms with Crippen LogP contribution in [0.3, 0.4) is 0 Å². The molecule has 0 saturated heterocycles. The number of amides is 3. The van der Waals surface area contributed by atoms with Gasteiger partial charge in [-0.15, -0.1) is 11.8 Å². The molecule has 0 fully saturated rings. The molecule has 1 unspecified atom stereocenters. The lowest BCUT2D eigenvalue weighted by Crippen LogP contribution is -2.32. The van der Waals surface area contributed by atoms with Gasteiger partial charge in [0.1, 0.15) is 0 Å². The average Bonchev–Trinajstić information content (AvgIpc) is 2.63. The number of para-hydroxylation sites is 1. The number of nitrogens with one attached hydrogen (secondary N) is 3. The number of rotatable bonds is 5. The molecule has 26 heavy (non-hydrogen) atoms. The largest absolute Gasteiger partial charge is 0.352 e.